The van der Waals surface area contributed by atoms with Gasteiger partial charge in [-0.3, -0.25) is 14.6 Å². The second-order valence-corrected chi connectivity index (χ2v) is 19.3. The SMILES string of the molecule is CC(C)(N)Cc1ccccc1.CN(C)CCOc1ccccc1Cc1ccccc1.CNC[C@H](O)c1cccc(O)c1.Cl.Cl.Cl.O=C(O)CC(O)(CC(=O)ON/N=N/N(OC(=O)CC(O)(CC(=O)O)C(=O)O)c1ccccc1)C(=O)O.c1ccncc1. The molecule has 6 aromatic rings. The number of aliphatic hydroxyl groups is 3. The number of hydrogen-bond donors (Lipinski definition) is 11. The van der Waals surface area contributed by atoms with Crippen LogP contribution in [0.15, 0.2) is 181 Å². The summed E-state index contributed by atoms with van der Waals surface area (Å²) in [5.41, 5.74) is 5.93. The molecule has 0 bridgehead atoms. The number of rotatable bonds is 26. The second kappa shape index (κ2) is 43.2. The highest BCUT2D eigenvalue weighted by atomic mass is 35.5. The second-order valence-electron chi connectivity index (χ2n) is 19.3. The first kappa shape index (κ1) is 80.6. The molecular weight excluding hydrogens is 1200 g/mol. The van der Waals surface area contributed by atoms with Crippen molar-refractivity contribution in [2.24, 2.45) is 16.2 Å². The maximum absolute atomic E-state index is 12.2. The van der Waals surface area contributed by atoms with Crippen molar-refractivity contribution >= 4 is 78.7 Å². The van der Waals surface area contributed by atoms with Crippen molar-refractivity contribution in [2.75, 3.05) is 46.0 Å². The zero-order chi connectivity index (χ0) is 62.6. The van der Waals surface area contributed by atoms with Crippen molar-refractivity contribution in [3.63, 3.8) is 0 Å². The summed E-state index contributed by atoms with van der Waals surface area (Å²) in [5.74, 6) is -9.18. The number of anilines is 1. The predicted molar refractivity (Wildman–Crippen MR) is 329 cm³/mol. The average molecular weight is 1280 g/mol. The summed E-state index contributed by atoms with van der Waals surface area (Å²) in [6.45, 7) is 6.22. The molecule has 476 valence electrons. The van der Waals surface area contributed by atoms with Crippen LogP contribution >= 0.6 is 37.2 Å². The topological polar surface area (TPSA) is 386 Å². The van der Waals surface area contributed by atoms with Crippen LogP contribution in [0.25, 0.3) is 0 Å². The van der Waals surface area contributed by atoms with Gasteiger partial charge in [0.15, 0.2) is 11.2 Å². The Kier molecular flexibility index (Phi) is 40.0. The van der Waals surface area contributed by atoms with E-state index in [2.05, 4.69) is 93.1 Å². The number of nitrogens with two attached hydrogens (primary N) is 1. The van der Waals surface area contributed by atoms with Crippen molar-refractivity contribution in [1.29, 1.82) is 0 Å². The molecule has 0 saturated heterocycles. The van der Waals surface area contributed by atoms with Crippen LogP contribution in [0.1, 0.15) is 67.9 Å². The number of aliphatic carboxylic acids is 4. The number of phenols is 1. The van der Waals surface area contributed by atoms with Crippen LogP contribution in [0.3, 0.4) is 0 Å². The molecule has 0 saturated carbocycles. The van der Waals surface area contributed by atoms with Gasteiger partial charge in [-0.2, -0.15) is 0 Å². The van der Waals surface area contributed by atoms with E-state index in [1.807, 2.05) is 68.4 Å². The number of halogens is 3. The van der Waals surface area contributed by atoms with Crippen LogP contribution in [-0.2, 0) is 51.3 Å². The Morgan fingerprint density at radius 2 is 1.15 bits per heavy atom. The van der Waals surface area contributed by atoms with Gasteiger partial charge in [-0.1, -0.05) is 120 Å². The average Bonchev–Trinajstić information content (AvgIpc) is 3.32. The number of aliphatic hydroxyl groups excluding tert-OH is 1. The van der Waals surface area contributed by atoms with Gasteiger partial charge in [0.25, 0.3) is 0 Å². The Balaban J connectivity index is 0. The lowest BCUT2D eigenvalue weighted by Crippen LogP contribution is -2.44. The number of carbonyl (C=O) groups is 6. The number of carbonyl (C=O) groups excluding carboxylic acids is 2. The number of benzene rings is 5. The smallest absolute Gasteiger partial charge is 0.338 e. The lowest BCUT2D eigenvalue weighted by atomic mass is 9.96. The van der Waals surface area contributed by atoms with E-state index in [9.17, 15) is 44.1 Å². The van der Waals surface area contributed by atoms with Crippen molar-refractivity contribution in [3.8, 4) is 11.5 Å². The highest BCUT2D eigenvalue weighted by molar-refractivity contribution is 5.89. The molecule has 28 heteroatoms. The summed E-state index contributed by atoms with van der Waals surface area (Å²) in [6, 6.07) is 48.5. The molecule has 12 N–H and O–H groups in total. The minimum Gasteiger partial charge on any atom is -0.508 e. The fraction of sp³-hybridized carbons (Fsp3) is 0.305. The number of ether oxygens (including phenoxy) is 1. The third kappa shape index (κ3) is 35.5. The number of likely N-dealkylation sites (N-methyl/N-ethyl adjacent to an activating group) is 2. The summed E-state index contributed by atoms with van der Waals surface area (Å²) < 4.78 is 5.88. The number of hydrogen-bond acceptors (Lipinski definition) is 19. The number of aromatic nitrogens is 1. The standard InChI is InChI=1S/C18H20N4O14.C17H21NO.C10H15N.C9H13NO2.C5H5N.3ClH/c23-11(24)6-17(33,15(29)30)8-13(27)35-21-19-20-22(10-4-2-1-3-5-10)36-14(28)9-18(34,16(31)32)7-12(25)26;1-18(2)12-13-19-17-11-7-6-10-16(17)14-15-8-4-3-5-9-15;1-10(2,11)8-9-6-4-3-5-7-9;1-10-6-9(12)7-3-2-4-8(11)5-7;1-2-4-6-5-3-1;;;/h1-5,33-34H,6-9H2,(H,20,21)(H,23,24)(H,25,26)(H,29,30)(H,31,32);3-11H,12-14H2,1-2H3;3-7H,8,11H2,1-2H3;2-5,9-12H,6H2,1H3;1-5H;3*1H/t;;;9-;;;;/m...0..../s1. The molecule has 0 aliphatic rings. The molecular formula is C59H77Cl3N8O17. The molecule has 0 spiro atoms. The molecule has 0 amide bonds. The third-order valence-corrected chi connectivity index (χ3v) is 10.8. The van der Waals surface area contributed by atoms with Gasteiger partial charge < -0.3 is 71.2 Å². The monoisotopic (exact) mass is 1270 g/mol. The lowest BCUT2D eigenvalue weighted by molar-refractivity contribution is -0.174. The molecule has 5 aromatic carbocycles. The fourth-order valence-corrected chi connectivity index (χ4v) is 6.80. The van der Waals surface area contributed by atoms with Crippen molar-refractivity contribution in [3.05, 3.63) is 192 Å². The number of aromatic hydroxyl groups is 1. The van der Waals surface area contributed by atoms with E-state index < -0.39 is 78.8 Å². The van der Waals surface area contributed by atoms with E-state index in [-0.39, 0.29) is 54.2 Å². The molecule has 3 atom stereocenters. The van der Waals surface area contributed by atoms with E-state index in [0.717, 1.165) is 37.3 Å². The Hall–Kier alpha value is -8.50. The maximum Gasteiger partial charge on any atom is 0.338 e. The van der Waals surface area contributed by atoms with Crippen molar-refractivity contribution in [2.45, 2.75) is 75.2 Å². The van der Waals surface area contributed by atoms with Crippen LogP contribution in [0.2, 0.25) is 0 Å². The molecule has 87 heavy (non-hydrogen) atoms. The first-order valence-corrected chi connectivity index (χ1v) is 25.7. The van der Waals surface area contributed by atoms with Gasteiger partial charge in [0, 0.05) is 37.4 Å². The fourth-order valence-electron chi connectivity index (χ4n) is 6.80. The largest absolute Gasteiger partial charge is 0.508 e. The van der Waals surface area contributed by atoms with Crippen LogP contribution in [0.5, 0.6) is 11.5 Å². The van der Waals surface area contributed by atoms with Gasteiger partial charge in [-0.05, 0) is 117 Å². The van der Waals surface area contributed by atoms with Crippen LogP contribution in [-0.4, -0.2) is 144 Å². The number of phenolic OH excluding ortho intramolecular Hbond substituents is 1. The van der Waals surface area contributed by atoms with E-state index in [0.29, 0.717) is 11.7 Å². The Labute approximate surface area is 522 Å². The minimum atomic E-state index is -3.01. The molecule has 0 fully saturated rings. The number of pyridine rings is 1. The van der Waals surface area contributed by atoms with Crippen LogP contribution < -0.4 is 26.5 Å². The van der Waals surface area contributed by atoms with Gasteiger partial charge in [-0.25, -0.2) is 19.2 Å². The van der Waals surface area contributed by atoms with Gasteiger partial charge in [0.05, 0.1) is 31.8 Å². The molecule has 2 unspecified atom stereocenters. The number of carboxylic acids is 4. The van der Waals surface area contributed by atoms with Gasteiger partial charge in [0.2, 0.25) is 0 Å². The molecule has 0 radical (unpaired) electrons. The zero-order valence-corrected chi connectivity index (χ0v) is 50.8. The highest BCUT2D eigenvalue weighted by Crippen LogP contribution is 2.23. The maximum atomic E-state index is 12.2. The molecule has 25 nitrogen and oxygen atoms in total. The summed E-state index contributed by atoms with van der Waals surface area (Å²) in [6.07, 6.45) is -0.457. The molecule has 0 aliphatic heterocycles. The van der Waals surface area contributed by atoms with E-state index in [1.165, 1.54) is 41.0 Å². The predicted octanol–water partition coefficient (Wildman–Crippen LogP) is 6.82. The Morgan fingerprint density at radius 1 is 0.655 bits per heavy atom. The number of carboxylic acid groups (broad SMARTS) is 4. The van der Waals surface area contributed by atoms with Crippen molar-refractivity contribution in [1.82, 2.24) is 20.8 Å². The Morgan fingerprint density at radius 3 is 1.61 bits per heavy atom. The number of nitrogens with one attached hydrogen (secondary N) is 2. The summed E-state index contributed by atoms with van der Waals surface area (Å²) in [4.78, 5) is 82.6. The quantitative estimate of drug-likeness (QED) is 0.0196. The minimum absolute atomic E-state index is 0. The van der Waals surface area contributed by atoms with Crippen LogP contribution in [0, 0.1) is 0 Å². The molecule has 1 heterocycles. The van der Waals surface area contributed by atoms with Crippen LogP contribution in [0.4, 0.5) is 5.69 Å². The molecule has 6 rings (SSSR count). The number of para-hydroxylation sites is 2. The molecule has 0 aliphatic carbocycles. The van der Waals surface area contributed by atoms with Gasteiger partial charge in [-0.15, -0.1) is 42.8 Å². The third-order valence-electron chi connectivity index (χ3n) is 10.8. The lowest BCUT2D eigenvalue weighted by Gasteiger charge is -2.22. The normalized spacial score (nSPS) is 11.9. The van der Waals surface area contributed by atoms with E-state index in [1.54, 1.807) is 55.4 Å². The summed E-state index contributed by atoms with van der Waals surface area (Å²) >= 11 is 0. The number of nitrogens with zero attached hydrogens (tertiary/aromatic N) is 5. The first-order valence-electron chi connectivity index (χ1n) is 25.7. The zero-order valence-electron chi connectivity index (χ0n) is 48.4. The highest BCUT2D eigenvalue weighted by Gasteiger charge is 2.43. The van der Waals surface area contributed by atoms with E-state index >= 15 is 0 Å². The summed E-state index contributed by atoms with van der Waals surface area (Å²) in [7, 11) is 5.88. The first-order chi connectivity index (χ1) is 39.7. The van der Waals surface area contributed by atoms with E-state index in [4.69, 9.17) is 40.8 Å². The van der Waals surface area contributed by atoms with Gasteiger partial charge >= 0.3 is 35.8 Å². The summed E-state index contributed by atoms with van der Waals surface area (Å²) in [5, 5.41) is 83.4. The van der Waals surface area contributed by atoms with Crippen molar-refractivity contribution < 1.29 is 84.0 Å². The Bertz CT molecular complexity index is 2920. The van der Waals surface area contributed by atoms with Gasteiger partial charge in [0.1, 0.15) is 23.8 Å². The molecule has 1 aromatic heterocycles.